The molecular weight excluding hydrogens is 470 g/mol. The van der Waals surface area contributed by atoms with Gasteiger partial charge in [0.1, 0.15) is 0 Å². The van der Waals surface area contributed by atoms with Crippen molar-refractivity contribution < 1.29 is 13.2 Å². The molecular formula is C26H24ClN3O3S. The Morgan fingerprint density at radius 1 is 0.794 bits per heavy atom. The summed E-state index contributed by atoms with van der Waals surface area (Å²) in [6.45, 7) is 1.65. The van der Waals surface area contributed by atoms with Gasteiger partial charge in [0.05, 0.1) is 4.90 Å². The number of halogens is 1. The molecule has 34 heavy (non-hydrogen) atoms. The Morgan fingerprint density at radius 3 is 2.18 bits per heavy atom. The summed E-state index contributed by atoms with van der Waals surface area (Å²) >= 11 is 6.03. The van der Waals surface area contributed by atoms with Crippen LogP contribution >= 0.6 is 11.6 Å². The van der Waals surface area contributed by atoms with Crippen LogP contribution in [-0.2, 0) is 16.6 Å². The summed E-state index contributed by atoms with van der Waals surface area (Å²) in [5, 5.41) is 4.32. The first-order valence-electron chi connectivity index (χ1n) is 11.1. The van der Waals surface area contributed by atoms with Crippen molar-refractivity contribution in [3.05, 3.63) is 88.9 Å². The predicted octanol–water partition coefficient (Wildman–Crippen LogP) is 4.25. The molecule has 174 valence electrons. The van der Waals surface area contributed by atoms with Crippen LogP contribution in [0.2, 0.25) is 5.02 Å². The fourth-order valence-corrected chi connectivity index (χ4v) is 6.01. The number of piperazine rings is 1. The molecule has 0 radical (unpaired) electrons. The molecule has 1 saturated heterocycles. The van der Waals surface area contributed by atoms with Gasteiger partial charge in [-0.25, -0.2) is 8.42 Å². The van der Waals surface area contributed by atoms with E-state index in [0.29, 0.717) is 30.2 Å². The van der Waals surface area contributed by atoms with E-state index in [1.807, 2.05) is 48.5 Å². The summed E-state index contributed by atoms with van der Waals surface area (Å²) in [7, 11) is -3.66. The van der Waals surface area contributed by atoms with Gasteiger partial charge in [0.2, 0.25) is 10.0 Å². The molecule has 1 fully saturated rings. The number of fused-ring (bicyclic) bond motifs is 2. The first kappa shape index (κ1) is 22.8. The molecule has 1 aliphatic rings. The predicted molar refractivity (Wildman–Crippen MR) is 135 cm³/mol. The highest BCUT2D eigenvalue weighted by Crippen LogP contribution is 2.26. The van der Waals surface area contributed by atoms with Crippen molar-refractivity contribution in [2.24, 2.45) is 5.73 Å². The molecule has 1 amide bonds. The summed E-state index contributed by atoms with van der Waals surface area (Å²) in [4.78, 5) is 15.1. The van der Waals surface area contributed by atoms with E-state index in [0.717, 1.165) is 27.1 Å². The second kappa shape index (κ2) is 9.00. The second-order valence-corrected chi connectivity index (χ2v) is 10.8. The second-order valence-electron chi connectivity index (χ2n) is 8.45. The fourth-order valence-electron chi connectivity index (χ4n) is 4.37. The van der Waals surface area contributed by atoms with Crippen molar-refractivity contribution in [3.8, 4) is 0 Å². The van der Waals surface area contributed by atoms with E-state index < -0.39 is 10.0 Å². The number of hydrogen-bond acceptors (Lipinski definition) is 4. The third-order valence-electron chi connectivity index (χ3n) is 6.32. The molecule has 0 saturated carbocycles. The molecule has 6 nitrogen and oxygen atoms in total. The maximum absolute atomic E-state index is 13.2. The van der Waals surface area contributed by atoms with Crippen LogP contribution in [0.5, 0.6) is 0 Å². The van der Waals surface area contributed by atoms with Gasteiger partial charge in [0, 0.05) is 43.3 Å². The summed E-state index contributed by atoms with van der Waals surface area (Å²) in [5.74, 6) is -0.0931. The summed E-state index contributed by atoms with van der Waals surface area (Å²) in [6.07, 6.45) is 0. The number of nitrogens with two attached hydrogens (primary N) is 1. The highest BCUT2D eigenvalue weighted by molar-refractivity contribution is 7.89. The average molecular weight is 494 g/mol. The molecule has 1 aliphatic heterocycles. The van der Waals surface area contributed by atoms with Crippen molar-refractivity contribution >= 4 is 49.1 Å². The summed E-state index contributed by atoms with van der Waals surface area (Å²) in [5.41, 5.74) is 7.35. The van der Waals surface area contributed by atoms with Crippen molar-refractivity contribution in [2.45, 2.75) is 11.4 Å². The smallest absolute Gasteiger partial charge is 0.253 e. The zero-order valence-electron chi connectivity index (χ0n) is 18.4. The van der Waals surface area contributed by atoms with Crippen molar-refractivity contribution in [3.63, 3.8) is 0 Å². The van der Waals surface area contributed by atoms with E-state index in [9.17, 15) is 13.2 Å². The third-order valence-corrected chi connectivity index (χ3v) is 8.45. The van der Waals surface area contributed by atoms with Gasteiger partial charge in [0.25, 0.3) is 5.91 Å². The van der Waals surface area contributed by atoms with Crippen molar-refractivity contribution in [1.29, 1.82) is 0 Å². The van der Waals surface area contributed by atoms with Crippen LogP contribution in [0, 0.1) is 0 Å². The third kappa shape index (κ3) is 4.28. The molecule has 4 aromatic carbocycles. The van der Waals surface area contributed by atoms with Gasteiger partial charge in [-0.3, -0.25) is 4.79 Å². The number of amides is 1. The van der Waals surface area contributed by atoms with Crippen LogP contribution in [0.4, 0.5) is 0 Å². The lowest BCUT2D eigenvalue weighted by Crippen LogP contribution is -2.50. The van der Waals surface area contributed by atoms with E-state index in [1.54, 1.807) is 29.2 Å². The van der Waals surface area contributed by atoms with Crippen molar-refractivity contribution in [1.82, 2.24) is 9.21 Å². The molecule has 0 spiro atoms. The van der Waals surface area contributed by atoms with Gasteiger partial charge in [-0.2, -0.15) is 4.31 Å². The number of sulfonamides is 1. The monoisotopic (exact) mass is 493 g/mol. The molecule has 0 aromatic heterocycles. The minimum absolute atomic E-state index is 0.0931. The zero-order valence-corrected chi connectivity index (χ0v) is 20.0. The average Bonchev–Trinajstić information content (AvgIpc) is 2.87. The van der Waals surface area contributed by atoms with Crippen LogP contribution in [0.25, 0.3) is 21.5 Å². The number of carbonyl (C=O) groups is 1. The van der Waals surface area contributed by atoms with Crippen LogP contribution < -0.4 is 5.73 Å². The summed E-state index contributed by atoms with van der Waals surface area (Å²) in [6, 6.07) is 22.0. The van der Waals surface area contributed by atoms with Gasteiger partial charge < -0.3 is 10.6 Å². The Kier molecular flexibility index (Phi) is 6.04. The first-order chi connectivity index (χ1) is 16.3. The van der Waals surface area contributed by atoms with Gasteiger partial charge in [-0.05, 0) is 69.6 Å². The molecule has 0 bridgehead atoms. The lowest BCUT2D eigenvalue weighted by atomic mass is 10.0. The highest BCUT2D eigenvalue weighted by Gasteiger charge is 2.30. The Bertz CT molecular complexity index is 1510. The first-order valence-corrected chi connectivity index (χ1v) is 12.9. The van der Waals surface area contributed by atoms with E-state index in [2.05, 4.69) is 0 Å². The number of rotatable bonds is 4. The number of hydrogen-bond donors (Lipinski definition) is 1. The van der Waals surface area contributed by atoms with Crippen LogP contribution in [-0.4, -0.2) is 49.7 Å². The summed E-state index contributed by atoms with van der Waals surface area (Å²) < 4.78 is 27.9. The minimum Gasteiger partial charge on any atom is -0.336 e. The van der Waals surface area contributed by atoms with E-state index in [-0.39, 0.29) is 23.9 Å². The topological polar surface area (TPSA) is 83.7 Å². The van der Waals surface area contributed by atoms with Crippen LogP contribution in [0.15, 0.2) is 77.7 Å². The van der Waals surface area contributed by atoms with Gasteiger partial charge in [-0.1, -0.05) is 41.9 Å². The van der Waals surface area contributed by atoms with Gasteiger partial charge in [-0.15, -0.1) is 0 Å². The quantitative estimate of drug-likeness (QED) is 0.460. The molecule has 4 aromatic rings. The molecule has 0 unspecified atom stereocenters. The molecule has 5 rings (SSSR count). The Balaban J connectivity index is 1.30. The SMILES string of the molecule is NCc1ccc2cc(C(=O)N3CCN(S(=O)(=O)c4ccc5cc(Cl)ccc5c4)CC3)ccc2c1. The number of benzene rings is 4. The molecule has 0 aliphatic carbocycles. The lowest BCUT2D eigenvalue weighted by Gasteiger charge is -2.34. The molecule has 0 atom stereocenters. The maximum Gasteiger partial charge on any atom is 0.253 e. The number of nitrogens with zero attached hydrogens (tertiary/aromatic N) is 2. The molecule has 1 heterocycles. The highest BCUT2D eigenvalue weighted by atomic mass is 35.5. The molecule has 8 heteroatoms. The van der Waals surface area contributed by atoms with Crippen molar-refractivity contribution in [2.75, 3.05) is 26.2 Å². The number of carbonyl (C=O) groups excluding carboxylic acids is 1. The Labute approximate surface area is 203 Å². The van der Waals surface area contributed by atoms with E-state index >= 15 is 0 Å². The van der Waals surface area contributed by atoms with Crippen LogP contribution in [0.1, 0.15) is 15.9 Å². The van der Waals surface area contributed by atoms with Gasteiger partial charge in [0.15, 0.2) is 0 Å². The van der Waals surface area contributed by atoms with Gasteiger partial charge >= 0.3 is 0 Å². The zero-order chi connectivity index (χ0) is 23.9. The minimum atomic E-state index is -3.66. The fraction of sp³-hybridized carbons (Fsp3) is 0.192. The van der Waals surface area contributed by atoms with Crippen LogP contribution in [0.3, 0.4) is 0 Å². The largest absolute Gasteiger partial charge is 0.336 e. The van der Waals surface area contributed by atoms with E-state index in [1.165, 1.54) is 4.31 Å². The Morgan fingerprint density at radius 2 is 1.41 bits per heavy atom. The maximum atomic E-state index is 13.2. The lowest BCUT2D eigenvalue weighted by molar-refractivity contribution is 0.0698. The normalized spacial score (nSPS) is 15.2. The molecule has 2 N–H and O–H groups in total. The van der Waals surface area contributed by atoms with E-state index in [4.69, 9.17) is 17.3 Å². The Hall–Kier alpha value is -2.97. The standard InChI is InChI=1S/C26H24ClN3O3S/c27-24-7-5-22-16-25(8-6-21(22)15-24)34(32,33)30-11-9-29(10-12-30)26(31)23-4-3-19-13-18(17-28)1-2-20(19)14-23/h1-8,13-16H,9-12,17,28H2.